The lowest BCUT2D eigenvalue weighted by molar-refractivity contribution is 0.320. The van der Waals surface area contributed by atoms with E-state index in [4.69, 9.17) is 6.42 Å². The number of anilines is 2. The first-order valence-corrected chi connectivity index (χ1v) is 13.5. The predicted octanol–water partition coefficient (Wildman–Crippen LogP) is 4.87. The third-order valence-corrected chi connectivity index (χ3v) is 8.11. The molecule has 33 heavy (non-hydrogen) atoms. The zero-order valence-electron chi connectivity index (χ0n) is 19.8. The molecule has 0 radical (unpaired) electrons. The lowest BCUT2D eigenvalue weighted by atomic mass is 9.92. The Hall–Kier alpha value is -2.85. The third kappa shape index (κ3) is 4.63. The van der Waals surface area contributed by atoms with E-state index in [-0.39, 0.29) is 11.4 Å². The van der Waals surface area contributed by atoms with Crippen molar-refractivity contribution in [3.63, 3.8) is 0 Å². The molecular weight excluding hydrogens is 432 g/mol. The molecular formula is C26H34N4O2S. The Kier molecular flexibility index (Phi) is 6.76. The van der Waals surface area contributed by atoms with E-state index in [9.17, 15) is 8.42 Å². The molecule has 0 atom stereocenters. The number of hydrogen-bond acceptors (Lipinski definition) is 4. The van der Waals surface area contributed by atoms with Gasteiger partial charge in [-0.25, -0.2) is 8.42 Å². The monoisotopic (exact) mass is 466 g/mol. The quantitative estimate of drug-likeness (QED) is 0.430. The number of rotatable bonds is 8. The van der Waals surface area contributed by atoms with Crippen LogP contribution in [0.1, 0.15) is 57.7 Å². The fraction of sp³-hybridized carbons (Fsp3) is 0.462. The van der Waals surface area contributed by atoms with E-state index in [0.717, 1.165) is 30.0 Å². The first-order chi connectivity index (χ1) is 15.9. The summed E-state index contributed by atoms with van der Waals surface area (Å²) in [6, 6.07) is 7.28. The maximum absolute atomic E-state index is 11.9. The molecule has 0 unspecified atom stereocenters. The van der Waals surface area contributed by atoms with Crippen LogP contribution in [0.5, 0.6) is 0 Å². The highest BCUT2D eigenvalue weighted by molar-refractivity contribution is 7.89. The van der Waals surface area contributed by atoms with Crippen molar-refractivity contribution in [2.75, 3.05) is 36.1 Å². The summed E-state index contributed by atoms with van der Waals surface area (Å²) in [4.78, 5) is 2.47. The van der Waals surface area contributed by atoms with Gasteiger partial charge in [0.1, 0.15) is 0 Å². The fourth-order valence-corrected chi connectivity index (χ4v) is 5.38. The molecule has 4 rings (SSSR count). The maximum Gasteiger partial charge on any atom is 0.232 e. The molecule has 1 saturated carbocycles. The minimum atomic E-state index is -3.42. The molecule has 2 N–H and O–H groups in total. The lowest BCUT2D eigenvalue weighted by Crippen LogP contribution is -2.23. The van der Waals surface area contributed by atoms with E-state index in [0.29, 0.717) is 6.04 Å². The molecule has 1 aliphatic heterocycles. The van der Waals surface area contributed by atoms with Gasteiger partial charge in [0.15, 0.2) is 0 Å². The minimum absolute atomic E-state index is 0.0200. The van der Waals surface area contributed by atoms with Crippen molar-refractivity contribution in [2.45, 2.75) is 52.0 Å². The van der Waals surface area contributed by atoms with Gasteiger partial charge >= 0.3 is 0 Å². The number of aromatic nitrogens is 1. The molecule has 1 aliphatic carbocycles. The van der Waals surface area contributed by atoms with E-state index in [2.05, 4.69) is 50.5 Å². The predicted molar refractivity (Wildman–Crippen MR) is 139 cm³/mol. The highest BCUT2D eigenvalue weighted by Gasteiger charge is 2.28. The number of nitrogens with one attached hydrogen (secondary N) is 2. The van der Waals surface area contributed by atoms with Crippen molar-refractivity contribution >= 4 is 37.9 Å². The zero-order chi connectivity index (χ0) is 23.6. The summed E-state index contributed by atoms with van der Waals surface area (Å²) in [5.41, 5.74) is 6.06. The Labute approximate surface area is 197 Å². The second-order valence-corrected chi connectivity index (χ2v) is 10.9. The second-order valence-electron chi connectivity index (χ2n) is 8.90. The van der Waals surface area contributed by atoms with Crippen LogP contribution in [-0.4, -0.2) is 38.9 Å². The van der Waals surface area contributed by atoms with Crippen LogP contribution in [0, 0.1) is 12.3 Å². The summed E-state index contributed by atoms with van der Waals surface area (Å²) in [5, 5.41) is 4.64. The van der Waals surface area contributed by atoms with Crippen molar-refractivity contribution < 1.29 is 8.42 Å². The Balaban J connectivity index is 1.82. The van der Waals surface area contributed by atoms with Gasteiger partial charge in [0.25, 0.3) is 0 Å². The van der Waals surface area contributed by atoms with Crippen LogP contribution in [0.2, 0.25) is 0 Å². The van der Waals surface area contributed by atoms with Crippen molar-refractivity contribution in [1.29, 1.82) is 0 Å². The van der Waals surface area contributed by atoms with E-state index in [1.807, 2.05) is 13.1 Å². The molecule has 1 aromatic carbocycles. The first-order valence-electron chi connectivity index (χ1n) is 11.8. The van der Waals surface area contributed by atoms with Crippen molar-refractivity contribution in [2.24, 2.45) is 0 Å². The average Bonchev–Trinajstić information content (AvgIpc) is 3.42. The molecule has 7 heteroatoms. The molecule has 176 valence electrons. The van der Waals surface area contributed by atoms with Crippen LogP contribution in [0.4, 0.5) is 11.4 Å². The van der Waals surface area contributed by atoms with E-state index in [1.54, 1.807) is 13.0 Å². The number of hydrogen-bond donors (Lipinski definition) is 2. The number of fused-ring (bicyclic) bond motifs is 1. The van der Waals surface area contributed by atoms with Crippen molar-refractivity contribution in [3.8, 4) is 12.3 Å². The second kappa shape index (κ2) is 9.56. The minimum Gasteiger partial charge on any atom is -0.386 e. The first kappa shape index (κ1) is 23.3. The summed E-state index contributed by atoms with van der Waals surface area (Å²) in [6.07, 6.45) is 15.2. The summed E-state index contributed by atoms with van der Waals surface area (Å²) in [5.74, 6) is 2.43. The Morgan fingerprint density at radius 2 is 1.94 bits per heavy atom. The summed E-state index contributed by atoms with van der Waals surface area (Å²) >= 11 is 0. The summed E-state index contributed by atoms with van der Waals surface area (Å²) in [6.45, 7) is 5.88. The smallest absolute Gasteiger partial charge is 0.232 e. The van der Waals surface area contributed by atoms with Gasteiger partial charge < -0.3 is 14.8 Å². The van der Waals surface area contributed by atoms with Crippen LogP contribution in [-0.2, 0) is 10.0 Å². The van der Waals surface area contributed by atoms with E-state index >= 15 is 0 Å². The molecule has 2 heterocycles. The van der Waals surface area contributed by atoms with Crippen LogP contribution in [0.3, 0.4) is 0 Å². The molecule has 6 nitrogen and oxygen atoms in total. The Morgan fingerprint density at radius 3 is 2.52 bits per heavy atom. The zero-order valence-corrected chi connectivity index (χ0v) is 20.6. The van der Waals surface area contributed by atoms with Gasteiger partial charge in [-0.05, 0) is 75.8 Å². The number of terminal acetylenes is 1. The highest BCUT2D eigenvalue weighted by Crippen LogP contribution is 2.44. The van der Waals surface area contributed by atoms with Gasteiger partial charge in [0.05, 0.1) is 28.3 Å². The third-order valence-electron chi connectivity index (χ3n) is 6.82. The van der Waals surface area contributed by atoms with Gasteiger partial charge in [0.2, 0.25) is 10.0 Å². The van der Waals surface area contributed by atoms with Crippen molar-refractivity contribution in [3.05, 3.63) is 41.7 Å². The van der Waals surface area contributed by atoms with E-state index < -0.39 is 10.0 Å². The maximum atomic E-state index is 11.9. The van der Waals surface area contributed by atoms with Gasteiger partial charge in [-0.2, -0.15) is 0 Å². The van der Waals surface area contributed by atoms with Gasteiger partial charge in [-0.1, -0.05) is 12.0 Å². The van der Waals surface area contributed by atoms with Crippen LogP contribution in [0.25, 0.3) is 16.5 Å². The molecule has 1 aromatic heterocycles. The van der Waals surface area contributed by atoms with Crippen LogP contribution in [0.15, 0.2) is 36.0 Å². The number of allylic oxidation sites excluding steroid dienone is 4. The number of nitrogens with zero attached hydrogens (tertiary/aromatic N) is 2. The van der Waals surface area contributed by atoms with Crippen LogP contribution < -0.4 is 14.9 Å². The lowest BCUT2D eigenvalue weighted by Gasteiger charge is -2.30. The van der Waals surface area contributed by atoms with Crippen molar-refractivity contribution in [1.82, 2.24) is 9.29 Å². The average molecular weight is 467 g/mol. The molecule has 2 aliphatic rings. The fourth-order valence-electron chi connectivity index (χ4n) is 4.77. The largest absolute Gasteiger partial charge is 0.386 e. The summed E-state index contributed by atoms with van der Waals surface area (Å²) in [7, 11) is -1.46. The Morgan fingerprint density at radius 1 is 1.21 bits per heavy atom. The molecule has 0 bridgehead atoms. The molecule has 0 spiro atoms. The topological polar surface area (TPSA) is 66.4 Å². The Bertz CT molecular complexity index is 1240. The number of benzene rings is 1. The molecule has 2 aromatic rings. The van der Waals surface area contributed by atoms with Crippen LogP contribution >= 0.6 is 0 Å². The molecule has 1 saturated heterocycles. The van der Waals surface area contributed by atoms with Gasteiger partial charge in [0, 0.05) is 37.3 Å². The van der Waals surface area contributed by atoms with Gasteiger partial charge in [-0.15, -0.1) is 6.42 Å². The van der Waals surface area contributed by atoms with Gasteiger partial charge in [-0.3, -0.25) is 4.72 Å². The SMILES string of the molecule is C#C/C(=C\C=C(/C)c1c(NC)c2ccc(N3CCCC3)cc2n1C1CCC1)NS(=O)(=O)CC. The standard InChI is InChI=1S/C26H34N4O2S/c1-5-20(28-33(31,32)6-2)13-12-19(3)26-25(27-4)23-15-14-22(29-16-7-8-17-29)18-24(23)30(26)21-10-9-11-21/h1,12-15,18,21,27-28H,6-11,16-17H2,2-4H3/b19-12+,20-13+. The molecule has 0 amide bonds. The summed E-state index contributed by atoms with van der Waals surface area (Å²) < 4.78 is 28.9. The molecule has 2 fully saturated rings. The number of sulfonamides is 1. The normalized spacial score (nSPS) is 17.8. The van der Waals surface area contributed by atoms with E-state index in [1.165, 1.54) is 48.7 Å². The highest BCUT2D eigenvalue weighted by atomic mass is 32.2.